The summed E-state index contributed by atoms with van der Waals surface area (Å²) in [5, 5.41) is 4.33. The summed E-state index contributed by atoms with van der Waals surface area (Å²) in [7, 11) is 1.58. The molecule has 0 saturated carbocycles. The molecular weight excluding hydrogens is 522 g/mol. The monoisotopic (exact) mass is 547 g/mol. The van der Waals surface area contributed by atoms with Gasteiger partial charge in [-0.1, -0.05) is 48.5 Å². The lowest BCUT2D eigenvalue weighted by molar-refractivity contribution is -0.153. The van der Waals surface area contributed by atoms with Gasteiger partial charge in [-0.3, -0.25) is 14.5 Å². The van der Waals surface area contributed by atoms with E-state index in [0.717, 1.165) is 16.8 Å². The van der Waals surface area contributed by atoms with Crippen LogP contribution in [0.3, 0.4) is 0 Å². The molecule has 2 aliphatic heterocycles. The molecule has 1 N–H and O–H groups in total. The summed E-state index contributed by atoms with van der Waals surface area (Å²) in [6.07, 6.45) is 3.79. The fourth-order valence-electron chi connectivity index (χ4n) is 4.20. The number of nitrogens with zero attached hydrogens (tertiary/aromatic N) is 2. The molecule has 3 heterocycles. The van der Waals surface area contributed by atoms with E-state index in [-0.39, 0.29) is 35.9 Å². The minimum atomic E-state index is -0.704. The molecule has 0 bridgehead atoms. The second kappa shape index (κ2) is 11.7. The Morgan fingerprint density at radius 1 is 1.08 bits per heavy atom. The van der Waals surface area contributed by atoms with Gasteiger partial charge in [-0.15, -0.1) is 11.8 Å². The summed E-state index contributed by atoms with van der Waals surface area (Å²) in [5.74, 6) is 0.0196. The molecule has 2 aliphatic rings. The average Bonchev–Trinajstić information content (AvgIpc) is 3.47. The molecule has 0 aliphatic carbocycles. The van der Waals surface area contributed by atoms with E-state index in [1.165, 1.54) is 28.2 Å². The van der Waals surface area contributed by atoms with E-state index in [4.69, 9.17) is 9.47 Å². The fourth-order valence-corrected chi connectivity index (χ4v) is 6.02. The molecule has 0 radical (unpaired) electrons. The van der Waals surface area contributed by atoms with Crippen LogP contribution in [0, 0.1) is 0 Å². The Hall–Kier alpha value is -3.89. The summed E-state index contributed by atoms with van der Waals surface area (Å²) in [4.78, 5) is 40.6. The number of β-lactam (4-membered cyclic amide) rings is 1. The quantitative estimate of drug-likeness (QED) is 0.321. The van der Waals surface area contributed by atoms with Crippen LogP contribution in [0.5, 0.6) is 5.75 Å². The van der Waals surface area contributed by atoms with Crippen LogP contribution in [0.1, 0.15) is 16.8 Å². The highest BCUT2D eigenvalue weighted by Gasteiger charge is 2.54. The molecule has 1 fully saturated rings. The Morgan fingerprint density at radius 3 is 2.58 bits per heavy atom. The Bertz CT molecular complexity index is 1370. The lowest BCUT2D eigenvalue weighted by Crippen LogP contribution is -2.70. The van der Waals surface area contributed by atoms with Gasteiger partial charge in [0, 0.05) is 11.1 Å². The number of nitrogens with one attached hydrogen (secondary N) is 1. The molecule has 194 valence electrons. The Kier molecular flexibility index (Phi) is 7.90. The summed E-state index contributed by atoms with van der Waals surface area (Å²) >= 11 is 2.83. The van der Waals surface area contributed by atoms with Crippen LogP contribution < -0.4 is 10.1 Å². The molecule has 10 heteroatoms. The molecule has 1 aromatic heterocycles. The third-order valence-electron chi connectivity index (χ3n) is 6.16. The van der Waals surface area contributed by atoms with Crippen LogP contribution in [0.2, 0.25) is 0 Å². The topological polar surface area (TPSA) is 97.8 Å². The predicted octanol–water partition coefficient (Wildman–Crippen LogP) is 3.81. The maximum Gasteiger partial charge on any atom is 0.355 e. The summed E-state index contributed by atoms with van der Waals surface area (Å²) < 4.78 is 15.1. The Balaban J connectivity index is 1.32. The number of carbonyl (C=O) groups excluding carboxylic acids is 3. The number of fused-ring (bicyclic) bond motifs is 1. The highest BCUT2D eigenvalue weighted by molar-refractivity contribution is 8.00. The first-order valence-electron chi connectivity index (χ1n) is 11.9. The van der Waals surface area contributed by atoms with E-state index in [1.54, 1.807) is 25.3 Å². The molecule has 2 atom stereocenters. The van der Waals surface area contributed by atoms with Crippen molar-refractivity contribution < 1.29 is 23.9 Å². The van der Waals surface area contributed by atoms with Crippen LogP contribution >= 0.6 is 23.3 Å². The van der Waals surface area contributed by atoms with Gasteiger partial charge in [0.05, 0.1) is 19.2 Å². The van der Waals surface area contributed by atoms with Crippen LogP contribution in [-0.4, -0.2) is 51.3 Å². The first-order chi connectivity index (χ1) is 18.5. The summed E-state index contributed by atoms with van der Waals surface area (Å²) in [6.45, 7) is 0.0481. The highest BCUT2D eigenvalue weighted by Crippen LogP contribution is 2.41. The Morgan fingerprint density at radius 2 is 1.87 bits per heavy atom. The number of allylic oxidation sites excluding steroid dienone is 1. The molecule has 8 nitrogen and oxygen atoms in total. The highest BCUT2D eigenvalue weighted by atomic mass is 32.2. The third-order valence-corrected chi connectivity index (χ3v) is 8.03. The number of aromatic nitrogens is 1. The van der Waals surface area contributed by atoms with Crippen molar-refractivity contribution in [3.63, 3.8) is 0 Å². The number of esters is 1. The molecule has 3 aromatic rings. The smallest absolute Gasteiger partial charge is 0.355 e. The van der Waals surface area contributed by atoms with Crippen LogP contribution in [0.15, 0.2) is 83.4 Å². The molecule has 38 heavy (non-hydrogen) atoms. The standard InChI is InChI=1S/C28H25N3O5S2/c1-35-22-11-7-19(8-12-22)16-36-28(34)25-20(9-10-21-13-14-38-30-21)17-37-27-24(26(33)31(25)27)29-23(32)15-18-5-3-2-4-6-18/h2-14,24,27H,15-17H2,1H3,(H,29,32)/t24-,27+/m1/s1. The van der Waals surface area contributed by atoms with Crippen molar-refractivity contribution >= 4 is 47.2 Å². The first-order valence-corrected chi connectivity index (χ1v) is 13.8. The van der Waals surface area contributed by atoms with Crippen LogP contribution in [0.4, 0.5) is 0 Å². The van der Waals surface area contributed by atoms with Crippen molar-refractivity contribution in [2.24, 2.45) is 0 Å². The number of ether oxygens (including phenoxy) is 2. The van der Waals surface area contributed by atoms with Crippen LogP contribution in [-0.2, 0) is 32.1 Å². The van der Waals surface area contributed by atoms with Crippen molar-refractivity contribution in [1.29, 1.82) is 0 Å². The number of rotatable bonds is 9. The van der Waals surface area contributed by atoms with E-state index in [2.05, 4.69) is 9.69 Å². The first kappa shape index (κ1) is 25.7. The zero-order chi connectivity index (χ0) is 26.5. The summed E-state index contributed by atoms with van der Waals surface area (Å²) in [6, 6.07) is 17.7. The van der Waals surface area contributed by atoms with Gasteiger partial charge in [-0.25, -0.2) is 4.79 Å². The SMILES string of the molecule is COc1ccc(COC(=O)C2=C(C=Cc3ccsn3)CS[C@H]3[C@H](NC(=O)Cc4ccccc4)C(=O)N23)cc1. The number of hydrogen-bond donors (Lipinski definition) is 1. The minimum absolute atomic E-state index is 0.0481. The molecule has 0 unspecified atom stereocenters. The minimum Gasteiger partial charge on any atom is -0.497 e. The lowest BCUT2D eigenvalue weighted by Gasteiger charge is -2.49. The third kappa shape index (κ3) is 5.66. The van der Waals surface area contributed by atoms with E-state index < -0.39 is 12.0 Å². The van der Waals surface area contributed by atoms with Gasteiger partial charge in [-0.05, 0) is 52.5 Å². The Labute approximate surface area is 228 Å². The van der Waals surface area contributed by atoms with Crippen LogP contribution in [0.25, 0.3) is 6.08 Å². The predicted molar refractivity (Wildman–Crippen MR) is 146 cm³/mol. The van der Waals surface area contributed by atoms with Crippen molar-refractivity contribution in [3.8, 4) is 5.75 Å². The van der Waals surface area contributed by atoms with Gasteiger partial charge in [-0.2, -0.15) is 4.37 Å². The fraction of sp³-hybridized carbons (Fsp3) is 0.214. The molecule has 1 saturated heterocycles. The molecule has 2 aromatic carbocycles. The zero-order valence-corrected chi connectivity index (χ0v) is 22.2. The lowest BCUT2D eigenvalue weighted by atomic mass is 10.0. The van der Waals surface area contributed by atoms with E-state index >= 15 is 0 Å². The van der Waals surface area contributed by atoms with Gasteiger partial charge in [0.25, 0.3) is 5.91 Å². The number of benzene rings is 2. The van der Waals surface area contributed by atoms with E-state index in [9.17, 15) is 14.4 Å². The van der Waals surface area contributed by atoms with Gasteiger partial charge in [0.1, 0.15) is 29.5 Å². The molecule has 2 amide bonds. The van der Waals surface area contributed by atoms with Crippen molar-refractivity contribution in [2.45, 2.75) is 24.4 Å². The van der Waals surface area contributed by atoms with Gasteiger partial charge in [0.15, 0.2) is 0 Å². The van der Waals surface area contributed by atoms with Gasteiger partial charge < -0.3 is 14.8 Å². The number of thioether (sulfide) groups is 1. The molecule has 0 spiro atoms. The maximum absolute atomic E-state index is 13.3. The van der Waals surface area contributed by atoms with E-state index in [0.29, 0.717) is 17.1 Å². The zero-order valence-electron chi connectivity index (χ0n) is 20.5. The largest absolute Gasteiger partial charge is 0.497 e. The van der Waals surface area contributed by atoms with Gasteiger partial charge >= 0.3 is 5.97 Å². The molecule has 5 rings (SSSR count). The van der Waals surface area contributed by atoms with Crippen molar-refractivity contribution in [3.05, 3.63) is 100 Å². The average molecular weight is 548 g/mol. The maximum atomic E-state index is 13.3. The number of amides is 2. The number of hydrogen-bond acceptors (Lipinski definition) is 8. The van der Waals surface area contributed by atoms with Crippen molar-refractivity contribution in [1.82, 2.24) is 14.6 Å². The number of methoxy groups -OCH3 is 1. The van der Waals surface area contributed by atoms with E-state index in [1.807, 2.05) is 60.0 Å². The molecular formula is C28H25N3O5S2. The van der Waals surface area contributed by atoms with Crippen molar-refractivity contribution in [2.75, 3.05) is 12.9 Å². The summed E-state index contributed by atoms with van der Waals surface area (Å²) in [5.41, 5.74) is 3.29. The van der Waals surface area contributed by atoms with Gasteiger partial charge in [0.2, 0.25) is 5.91 Å². The normalized spacial score (nSPS) is 18.7. The number of carbonyl (C=O) groups is 3. The second-order valence-electron chi connectivity index (χ2n) is 8.67. The second-order valence-corrected chi connectivity index (χ2v) is 10.4.